The van der Waals surface area contributed by atoms with Gasteiger partial charge in [-0.25, -0.2) is 0 Å². The molecule has 0 aliphatic carbocycles. The van der Waals surface area contributed by atoms with Gasteiger partial charge in [-0.05, 0) is 6.42 Å². The second-order valence-corrected chi connectivity index (χ2v) is 3.68. The Hall–Kier alpha value is -1.69. The van der Waals surface area contributed by atoms with E-state index in [9.17, 15) is 9.59 Å². The molecule has 1 aliphatic rings. The fraction of sp³-hybridized carbons (Fsp3) is 0.500. The van der Waals surface area contributed by atoms with Crippen LogP contribution in [-0.2, 0) is 4.74 Å². The number of aldehydes is 1. The molecule has 1 aromatic rings. The molecular formula is C10H12N2O4. The number of ether oxygens (including phenoxy) is 1. The highest BCUT2D eigenvalue weighted by Crippen LogP contribution is 2.11. The lowest BCUT2D eigenvalue weighted by Gasteiger charge is -2.07. The summed E-state index contributed by atoms with van der Waals surface area (Å²) >= 11 is 0. The van der Waals surface area contributed by atoms with Crippen LogP contribution in [0.5, 0.6) is 0 Å². The van der Waals surface area contributed by atoms with Crippen molar-refractivity contribution in [1.29, 1.82) is 0 Å². The molecule has 0 bridgehead atoms. The van der Waals surface area contributed by atoms with Crippen LogP contribution in [-0.4, -0.2) is 37.1 Å². The quantitative estimate of drug-likeness (QED) is 0.741. The minimum atomic E-state index is -0.386. The van der Waals surface area contributed by atoms with Crippen molar-refractivity contribution in [2.75, 3.05) is 19.8 Å². The Morgan fingerprint density at radius 3 is 3.25 bits per heavy atom. The first-order valence-corrected chi connectivity index (χ1v) is 5.06. The molecule has 1 N–H and O–H groups in total. The molecule has 1 amide bonds. The monoisotopic (exact) mass is 224 g/mol. The average molecular weight is 224 g/mol. The van der Waals surface area contributed by atoms with E-state index < -0.39 is 0 Å². The Morgan fingerprint density at radius 2 is 2.56 bits per heavy atom. The van der Waals surface area contributed by atoms with E-state index >= 15 is 0 Å². The van der Waals surface area contributed by atoms with Crippen LogP contribution in [0.15, 0.2) is 10.8 Å². The lowest BCUT2D eigenvalue weighted by molar-refractivity contribution is 0.0931. The summed E-state index contributed by atoms with van der Waals surface area (Å²) in [6.45, 7) is 1.94. The predicted octanol–water partition coefficient (Wildman–Crippen LogP) is 0.253. The molecule has 0 spiro atoms. The Bertz CT molecular complexity index is 382. The van der Waals surface area contributed by atoms with Gasteiger partial charge in [0.05, 0.1) is 12.2 Å². The van der Waals surface area contributed by atoms with Crippen molar-refractivity contribution >= 4 is 12.2 Å². The van der Waals surface area contributed by atoms with Crippen molar-refractivity contribution in [1.82, 2.24) is 10.5 Å². The molecule has 6 heteroatoms. The predicted molar refractivity (Wildman–Crippen MR) is 53.1 cm³/mol. The lowest BCUT2D eigenvalue weighted by atomic mass is 10.1. The van der Waals surface area contributed by atoms with E-state index in [4.69, 9.17) is 4.74 Å². The van der Waals surface area contributed by atoms with E-state index in [1.54, 1.807) is 0 Å². The third kappa shape index (κ3) is 2.27. The van der Waals surface area contributed by atoms with Crippen LogP contribution in [0.4, 0.5) is 0 Å². The Balaban J connectivity index is 1.89. The van der Waals surface area contributed by atoms with Crippen molar-refractivity contribution < 1.29 is 18.8 Å². The molecule has 0 saturated carbocycles. The summed E-state index contributed by atoms with van der Waals surface area (Å²) in [4.78, 5) is 22.2. The fourth-order valence-corrected chi connectivity index (χ4v) is 1.57. The largest absolute Gasteiger partial charge is 0.381 e. The molecule has 86 valence electrons. The van der Waals surface area contributed by atoms with Gasteiger partial charge >= 0.3 is 0 Å². The molecule has 1 fully saturated rings. The highest BCUT2D eigenvalue weighted by molar-refractivity contribution is 5.99. The first-order chi connectivity index (χ1) is 7.81. The van der Waals surface area contributed by atoms with Crippen molar-refractivity contribution in [3.8, 4) is 0 Å². The van der Waals surface area contributed by atoms with Gasteiger partial charge in [0, 0.05) is 19.1 Å². The van der Waals surface area contributed by atoms with Gasteiger partial charge in [-0.15, -0.1) is 0 Å². The van der Waals surface area contributed by atoms with Gasteiger partial charge in [0.15, 0.2) is 12.0 Å². The summed E-state index contributed by atoms with van der Waals surface area (Å²) in [5, 5.41) is 6.18. The third-order valence-corrected chi connectivity index (χ3v) is 2.51. The van der Waals surface area contributed by atoms with E-state index in [0.29, 0.717) is 25.4 Å². The molecule has 1 saturated heterocycles. The van der Waals surface area contributed by atoms with Gasteiger partial charge in [-0.1, -0.05) is 5.16 Å². The summed E-state index contributed by atoms with van der Waals surface area (Å²) in [6, 6.07) is 0. The number of hydrogen-bond acceptors (Lipinski definition) is 5. The van der Waals surface area contributed by atoms with E-state index in [1.165, 1.54) is 0 Å². The van der Waals surface area contributed by atoms with Crippen molar-refractivity contribution in [2.24, 2.45) is 5.92 Å². The summed E-state index contributed by atoms with van der Waals surface area (Å²) < 4.78 is 9.75. The number of nitrogens with one attached hydrogen (secondary N) is 1. The van der Waals surface area contributed by atoms with Crippen molar-refractivity contribution in [2.45, 2.75) is 6.42 Å². The van der Waals surface area contributed by atoms with E-state index in [-0.39, 0.29) is 17.2 Å². The number of hydrogen-bond donors (Lipinski definition) is 1. The van der Waals surface area contributed by atoms with Crippen LogP contribution in [0.2, 0.25) is 0 Å². The lowest BCUT2D eigenvalue weighted by Crippen LogP contribution is -2.30. The van der Waals surface area contributed by atoms with E-state index in [2.05, 4.69) is 15.0 Å². The Kier molecular flexibility index (Phi) is 3.31. The van der Waals surface area contributed by atoms with Gasteiger partial charge in [0.25, 0.3) is 5.91 Å². The van der Waals surface area contributed by atoms with Crippen molar-refractivity contribution in [3.05, 3.63) is 17.5 Å². The van der Waals surface area contributed by atoms with Crippen LogP contribution < -0.4 is 5.32 Å². The van der Waals surface area contributed by atoms with Gasteiger partial charge in [0.1, 0.15) is 6.26 Å². The van der Waals surface area contributed by atoms with Gasteiger partial charge in [-0.2, -0.15) is 0 Å². The van der Waals surface area contributed by atoms with Crippen LogP contribution in [0.3, 0.4) is 0 Å². The maximum absolute atomic E-state index is 11.6. The number of nitrogens with zero attached hydrogens (tertiary/aromatic N) is 1. The number of carbonyl (C=O) groups is 2. The molecule has 2 heterocycles. The zero-order valence-electron chi connectivity index (χ0n) is 8.64. The number of carbonyl (C=O) groups excluding carboxylic acids is 2. The molecule has 2 rings (SSSR count). The molecule has 16 heavy (non-hydrogen) atoms. The number of aromatic nitrogens is 1. The molecule has 1 atom stereocenters. The van der Waals surface area contributed by atoms with Gasteiger partial charge < -0.3 is 14.6 Å². The molecule has 0 aromatic carbocycles. The SMILES string of the molecule is O=Cc1conc1C(=O)NCC1CCOC1. The summed E-state index contributed by atoms with van der Waals surface area (Å²) in [5.74, 6) is -0.0433. The summed E-state index contributed by atoms with van der Waals surface area (Å²) in [5.41, 5.74) is 0.203. The standard InChI is InChI=1S/C10H12N2O4/c13-4-8-6-16-12-9(8)10(14)11-3-7-1-2-15-5-7/h4,6-7H,1-3,5H2,(H,11,14). The first-order valence-electron chi connectivity index (χ1n) is 5.06. The third-order valence-electron chi connectivity index (χ3n) is 2.51. The van der Waals surface area contributed by atoms with Crippen LogP contribution >= 0.6 is 0 Å². The van der Waals surface area contributed by atoms with Gasteiger partial charge in [0.2, 0.25) is 0 Å². The van der Waals surface area contributed by atoms with Crippen LogP contribution in [0.25, 0.3) is 0 Å². The normalized spacial score (nSPS) is 19.6. The number of rotatable bonds is 4. The first kappa shape index (κ1) is 10.8. The molecule has 1 aliphatic heterocycles. The summed E-state index contributed by atoms with van der Waals surface area (Å²) in [7, 11) is 0. The zero-order chi connectivity index (χ0) is 11.4. The fourth-order valence-electron chi connectivity index (χ4n) is 1.57. The highest BCUT2D eigenvalue weighted by Gasteiger charge is 2.19. The van der Waals surface area contributed by atoms with Crippen molar-refractivity contribution in [3.63, 3.8) is 0 Å². The van der Waals surface area contributed by atoms with E-state index in [1.807, 2.05) is 0 Å². The molecular weight excluding hydrogens is 212 g/mol. The zero-order valence-corrected chi connectivity index (χ0v) is 8.64. The Labute approximate surface area is 91.9 Å². The van der Waals surface area contributed by atoms with Gasteiger partial charge in [-0.3, -0.25) is 9.59 Å². The molecule has 0 radical (unpaired) electrons. The van der Waals surface area contributed by atoms with Crippen LogP contribution in [0.1, 0.15) is 27.3 Å². The minimum Gasteiger partial charge on any atom is -0.381 e. The molecule has 1 unspecified atom stereocenters. The second kappa shape index (κ2) is 4.89. The second-order valence-electron chi connectivity index (χ2n) is 3.68. The average Bonchev–Trinajstić information content (AvgIpc) is 2.96. The molecule has 6 nitrogen and oxygen atoms in total. The number of amides is 1. The smallest absolute Gasteiger partial charge is 0.274 e. The van der Waals surface area contributed by atoms with Crippen LogP contribution in [0, 0.1) is 5.92 Å². The topological polar surface area (TPSA) is 81.4 Å². The maximum Gasteiger partial charge on any atom is 0.274 e. The minimum absolute atomic E-state index is 0.0360. The molecule has 1 aromatic heterocycles. The highest BCUT2D eigenvalue weighted by atomic mass is 16.5. The summed E-state index contributed by atoms with van der Waals surface area (Å²) in [6.07, 6.45) is 2.64. The Morgan fingerprint density at radius 1 is 1.69 bits per heavy atom. The van der Waals surface area contributed by atoms with E-state index in [0.717, 1.165) is 19.3 Å². The maximum atomic E-state index is 11.6.